The van der Waals surface area contributed by atoms with Gasteiger partial charge in [0.1, 0.15) is 0 Å². The molecule has 4 aliphatic rings. The van der Waals surface area contributed by atoms with Crippen LogP contribution in [0.4, 0.5) is 0 Å². The first-order chi connectivity index (χ1) is 16.2. The third kappa shape index (κ3) is 6.38. The highest BCUT2D eigenvalue weighted by Gasteiger charge is 2.58. The summed E-state index contributed by atoms with van der Waals surface area (Å²) in [4.78, 5) is 0. The van der Waals surface area contributed by atoms with Gasteiger partial charge in [0, 0.05) is 4.28 Å². The molecule has 0 saturated heterocycles. The van der Waals surface area contributed by atoms with E-state index in [2.05, 4.69) is 66.3 Å². The Hall–Kier alpha value is -0.780. The van der Waals surface area contributed by atoms with Crippen LogP contribution in [0.1, 0.15) is 137 Å². The van der Waals surface area contributed by atoms with Gasteiger partial charge in [-0.1, -0.05) is 98.1 Å². The molecule has 0 N–H and O–H groups in total. The van der Waals surface area contributed by atoms with Gasteiger partial charge >= 0.3 is 0 Å². The molecule has 0 radical (unpaired) electrons. The summed E-state index contributed by atoms with van der Waals surface area (Å²) in [6.07, 6.45) is 26.7. The van der Waals surface area contributed by atoms with Crippen molar-refractivity contribution >= 4 is 0 Å². The van der Waals surface area contributed by atoms with Crippen molar-refractivity contribution in [2.45, 2.75) is 133 Å². The normalized spacial score (nSPS) is 38.9. The first-order valence-corrected chi connectivity index (χ1v) is 15.1. The Morgan fingerprint density at radius 2 is 1.77 bits per heavy atom. The van der Waals surface area contributed by atoms with Gasteiger partial charge in [0.05, 0.1) is 0 Å². The lowest BCUT2D eigenvalue weighted by Gasteiger charge is -2.58. The molecule has 4 unspecified atom stereocenters. The van der Waals surface area contributed by atoms with Gasteiger partial charge in [-0.25, -0.2) is 0 Å². The minimum Gasteiger partial charge on any atom is -0.103 e. The summed E-state index contributed by atoms with van der Waals surface area (Å²) in [5.74, 6) is 6.53. The Morgan fingerprint density at radius 3 is 2.43 bits per heavy atom. The van der Waals surface area contributed by atoms with Crippen molar-refractivity contribution in [1.82, 2.24) is 0 Å². The molecule has 0 aromatic heterocycles. The van der Waals surface area contributed by atoms with Crippen LogP contribution in [0.25, 0.3) is 0 Å². The van der Waals surface area contributed by atoms with E-state index in [4.69, 9.17) is 0 Å². The maximum Gasteiger partial charge on any atom is 0 e. The molecular formula is C35H68. The summed E-state index contributed by atoms with van der Waals surface area (Å²) in [6.45, 7) is 20.3. The van der Waals surface area contributed by atoms with Crippen molar-refractivity contribution in [3.8, 4) is 0 Å². The van der Waals surface area contributed by atoms with Crippen LogP contribution in [0.3, 0.4) is 0 Å². The molecule has 0 aromatic carbocycles. The average molecular weight is 489 g/mol. The van der Waals surface area contributed by atoms with Gasteiger partial charge in [-0.2, -0.15) is 0 Å². The maximum absolute atomic E-state index is 3.36. The standard InChI is InChI=1S/C31H52.C3H6.CH4.3H2/c1-7-8-12-24-17-19-30(5)25(21-24)13-14-26-28-16-15-27(23(4)11-9-10-22(2)3)31(28,6)20-18-29(26)30;1-3-2;;;;/h8,12-13,22-24,26-29H,7,9-11,14-21H2,1-6H3;3H,1H2,2H3;1H4;3*1H/t23-,24?,26?,27-,28?,29?,30+,31-;;;;;/m1...../s1. The number of allylic oxidation sites excluding steroid dienone is 5. The Kier molecular flexibility index (Phi) is 11.4. The lowest BCUT2D eigenvalue weighted by molar-refractivity contribution is -0.0516. The molecule has 35 heavy (non-hydrogen) atoms. The second kappa shape index (κ2) is 13.1. The van der Waals surface area contributed by atoms with Gasteiger partial charge in [0.15, 0.2) is 0 Å². The zero-order chi connectivity index (χ0) is 24.9. The molecule has 0 bridgehead atoms. The predicted octanol–water partition coefficient (Wildman–Crippen LogP) is 12.2. The second-order valence-corrected chi connectivity index (χ2v) is 13.5. The monoisotopic (exact) mass is 489 g/mol. The molecule has 0 heterocycles. The van der Waals surface area contributed by atoms with Crippen molar-refractivity contribution < 1.29 is 4.28 Å². The molecule has 0 aromatic rings. The number of rotatable bonds is 7. The fraction of sp³-hybridized carbons (Fsp3) is 0.829. The lowest BCUT2D eigenvalue weighted by atomic mass is 9.46. The number of hydrogen-bond donors (Lipinski definition) is 0. The highest BCUT2D eigenvalue weighted by Crippen LogP contribution is 2.67. The average Bonchev–Trinajstić information content (AvgIpc) is 3.15. The number of hydrogen-bond acceptors (Lipinski definition) is 0. The maximum atomic E-state index is 3.36. The van der Waals surface area contributed by atoms with Crippen LogP contribution in [0, 0.1) is 52.3 Å². The van der Waals surface area contributed by atoms with Gasteiger partial charge < -0.3 is 0 Å². The van der Waals surface area contributed by atoms with Crippen LogP contribution in [0.5, 0.6) is 0 Å². The van der Waals surface area contributed by atoms with Crippen molar-refractivity contribution in [2.75, 3.05) is 0 Å². The van der Waals surface area contributed by atoms with Crippen LogP contribution in [-0.4, -0.2) is 0 Å². The van der Waals surface area contributed by atoms with E-state index in [1.807, 2.05) is 12.5 Å². The minimum absolute atomic E-state index is 0. The highest BCUT2D eigenvalue weighted by molar-refractivity contribution is 5.26. The molecule has 8 atom stereocenters. The predicted molar refractivity (Wildman–Crippen MR) is 165 cm³/mol. The lowest BCUT2D eigenvalue weighted by Crippen LogP contribution is -2.50. The van der Waals surface area contributed by atoms with Gasteiger partial charge in [-0.05, 0) is 117 Å². The molecular weight excluding hydrogens is 420 g/mol. The quantitative estimate of drug-likeness (QED) is 0.312. The van der Waals surface area contributed by atoms with Crippen molar-refractivity contribution in [2.24, 2.45) is 52.3 Å². The zero-order valence-corrected chi connectivity index (χ0v) is 24.0. The van der Waals surface area contributed by atoms with Crippen LogP contribution in [0.2, 0.25) is 0 Å². The molecule has 0 spiro atoms. The van der Waals surface area contributed by atoms with Gasteiger partial charge in [-0.3, -0.25) is 0 Å². The van der Waals surface area contributed by atoms with Gasteiger partial charge in [-0.15, -0.1) is 6.58 Å². The van der Waals surface area contributed by atoms with Crippen LogP contribution in [0.15, 0.2) is 36.5 Å². The Labute approximate surface area is 226 Å². The topological polar surface area (TPSA) is 0 Å². The summed E-state index contributed by atoms with van der Waals surface area (Å²) >= 11 is 0. The van der Waals surface area contributed by atoms with Crippen LogP contribution >= 0.6 is 0 Å². The molecule has 3 fully saturated rings. The van der Waals surface area contributed by atoms with E-state index in [0.29, 0.717) is 10.8 Å². The van der Waals surface area contributed by atoms with Gasteiger partial charge in [0.2, 0.25) is 0 Å². The summed E-state index contributed by atoms with van der Waals surface area (Å²) in [5.41, 5.74) is 2.99. The van der Waals surface area contributed by atoms with Crippen LogP contribution in [-0.2, 0) is 0 Å². The SMILES string of the molecule is C.C=CC.CCC=CC1CC[C@@]2(C)C(=CCC3C2CC[C@@]2(C)C3CC[C@@H]2[C@H](C)CCCC(C)C)C1.[HH].[HH].[HH]. The first kappa shape index (κ1) is 30.4. The van der Waals surface area contributed by atoms with Crippen LogP contribution < -0.4 is 0 Å². The highest BCUT2D eigenvalue weighted by atomic mass is 14.6. The fourth-order valence-corrected chi connectivity index (χ4v) is 9.21. The molecule has 3 saturated carbocycles. The smallest absolute Gasteiger partial charge is 0 e. The Morgan fingerprint density at radius 1 is 1.06 bits per heavy atom. The van der Waals surface area contributed by atoms with E-state index in [1.54, 1.807) is 6.08 Å². The van der Waals surface area contributed by atoms with Gasteiger partial charge in [0.25, 0.3) is 0 Å². The molecule has 0 amide bonds. The van der Waals surface area contributed by atoms with E-state index >= 15 is 0 Å². The third-order valence-corrected chi connectivity index (χ3v) is 11.0. The van der Waals surface area contributed by atoms with E-state index in [-0.39, 0.29) is 11.7 Å². The largest absolute Gasteiger partial charge is 0.103 e. The summed E-state index contributed by atoms with van der Waals surface area (Å²) in [6, 6.07) is 0. The molecule has 0 nitrogen and oxygen atoms in total. The van der Waals surface area contributed by atoms with E-state index in [1.165, 1.54) is 77.0 Å². The minimum atomic E-state index is 0. The van der Waals surface area contributed by atoms with Crippen molar-refractivity contribution in [3.63, 3.8) is 0 Å². The summed E-state index contributed by atoms with van der Waals surface area (Å²) in [5, 5.41) is 0. The van der Waals surface area contributed by atoms with E-state index < -0.39 is 0 Å². The molecule has 0 aliphatic heterocycles. The number of fused-ring (bicyclic) bond motifs is 5. The van der Waals surface area contributed by atoms with Crippen molar-refractivity contribution in [1.29, 1.82) is 0 Å². The molecule has 208 valence electrons. The van der Waals surface area contributed by atoms with Crippen molar-refractivity contribution in [3.05, 3.63) is 36.5 Å². The molecule has 4 rings (SSSR count). The summed E-state index contributed by atoms with van der Waals surface area (Å²) in [7, 11) is 0. The van der Waals surface area contributed by atoms with E-state index in [0.717, 1.165) is 41.4 Å². The van der Waals surface area contributed by atoms with E-state index in [9.17, 15) is 0 Å². The Balaban J connectivity index is 0. The Bertz CT molecular complexity index is 725. The first-order valence-electron chi connectivity index (χ1n) is 15.1. The molecule has 4 aliphatic carbocycles. The second-order valence-electron chi connectivity index (χ2n) is 13.5. The zero-order valence-electron chi connectivity index (χ0n) is 24.0. The molecule has 0 heteroatoms. The summed E-state index contributed by atoms with van der Waals surface area (Å²) < 4.78 is 0. The fourth-order valence-electron chi connectivity index (χ4n) is 9.21. The third-order valence-electron chi connectivity index (χ3n) is 11.0.